The molecule has 0 spiro atoms. The third-order valence-electron chi connectivity index (χ3n) is 5.32. The summed E-state index contributed by atoms with van der Waals surface area (Å²) in [5, 5.41) is 14.4. The van der Waals surface area contributed by atoms with Crippen LogP contribution in [0, 0.1) is 0 Å². The number of anilines is 1. The van der Waals surface area contributed by atoms with Gasteiger partial charge in [0, 0.05) is 30.7 Å². The smallest absolute Gasteiger partial charge is 0.252 e. The number of imidazole rings is 1. The van der Waals surface area contributed by atoms with Crippen molar-refractivity contribution in [3.63, 3.8) is 0 Å². The van der Waals surface area contributed by atoms with Gasteiger partial charge >= 0.3 is 0 Å². The summed E-state index contributed by atoms with van der Waals surface area (Å²) in [6, 6.07) is 6.84. The molecule has 0 unspecified atom stereocenters. The molecule has 0 radical (unpaired) electrons. The number of tetrazole rings is 1. The van der Waals surface area contributed by atoms with Crippen LogP contribution in [-0.4, -0.2) is 41.4 Å². The zero-order valence-corrected chi connectivity index (χ0v) is 15.6. The zero-order valence-electron chi connectivity index (χ0n) is 15.6. The number of amides is 1. The van der Waals surface area contributed by atoms with Crippen molar-refractivity contribution in [2.45, 2.75) is 37.6 Å². The van der Waals surface area contributed by atoms with Gasteiger partial charge in [-0.2, -0.15) is 0 Å². The van der Waals surface area contributed by atoms with Gasteiger partial charge in [0.15, 0.2) is 5.82 Å². The maximum Gasteiger partial charge on any atom is 0.252 e. The molecule has 1 aliphatic rings. The van der Waals surface area contributed by atoms with Gasteiger partial charge in [-0.1, -0.05) is 19.3 Å². The number of carbonyl (C=O) groups is 2. The van der Waals surface area contributed by atoms with Crippen molar-refractivity contribution >= 4 is 17.4 Å². The number of hydrogen-bond acceptors (Lipinski definition) is 6. The van der Waals surface area contributed by atoms with Gasteiger partial charge < -0.3 is 9.88 Å². The molecule has 2 aromatic heterocycles. The first-order valence-electron chi connectivity index (χ1n) is 9.27. The van der Waals surface area contributed by atoms with Crippen LogP contribution in [0.15, 0.2) is 43.0 Å². The summed E-state index contributed by atoms with van der Waals surface area (Å²) in [6.07, 6.45) is 9.20. The highest BCUT2D eigenvalue weighted by molar-refractivity contribution is 6.07. The second-order valence-electron chi connectivity index (χ2n) is 7.07. The average molecular weight is 379 g/mol. The normalized spacial score (nSPS) is 15.9. The highest BCUT2D eigenvalue weighted by atomic mass is 16.2. The topological polar surface area (TPSA) is 108 Å². The number of nitrogens with one attached hydrogen (secondary N) is 1. The van der Waals surface area contributed by atoms with Gasteiger partial charge in [0.2, 0.25) is 5.78 Å². The van der Waals surface area contributed by atoms with E-state index in [9.17, 15) is 9.59 Å². The van der Waals surface area contributed by atoms with Crippen LogP contribution in [-0.2, 0) is 17.4 Å². The van der Waals surface area contributed by atoms with Crippen LogP contribution in [0.25, 0.3) is 0 Å². The van der Waals surface area contributed by atoms with Crippen LogP contribution >= 0.6 is 0 Å². The lowest BCUT2D eigenvalue weighted by atomic mass is 9.81. The number of aromatic nitrogens is 6. The average Bonchev–Trinajstić information content (AvgIpc) is 3.40. The third kappa shape index (κ3) is 3.19. The first-order valence-corrected chi connectivity index (χ1v) is 9.27. The summed E-state index contributed by atoms with van der Waals surface area (Å²) in [4.78, 5) is 29.7. The highest BCUT2D eigenvalue weighted by Crippen LogP contribution is 2.35. The molecule has 0 bridgehead atoms. The van der Waals surface area contributed by atoms with E-state index in [2.05, 4.69) is 25.8 Å². The predicted octanol–water partition coefficient (Wildman–Crippen LogP) is 1.94. The molecule has 1 aliphatic carbocycles. The standard InChI is InChI=1S/C19H21N7O2/c1-25-12-11-20-17(25)16(27)14-5-7-15(8-6-14)22-18(28)19(9-3-2-4-10-19)26-13-21-23-24-26/h5-8,11-13H,2-4,9-10H2,1H3,(H,22,28). The molecule has 28 heavy (non-hydrogen) atoms. The van der Waals surface area contributed by atoms with E-state index in [-0.39, 0.29) is 11.7 Å². The van der Waals surface area contributed by atoms with Crippen LogP contribution < -0.4 is 5.32 Å². The van der Waals surface area contributed by atoms with Crippen molar-refractivity contribution < 1.29 is 9.59 Å². The van der Waals surface area contributed by atoms with E-state index in [1.807, 2.05) is 0 Å². The fourth-order valence-corrected chi connectivity index (χ4v) is 3.72. The monoisotopic (exact) mass is 379 g/mol. The maximum atomic E-state index is 13.1. The lowest BCUT2D eigenvalue weighted by molar-refractivity contribution is -0.126. The number of nitrogens with zero attached hydrogens (tertiary/aromatic N) is 6. The molecular formula is C19H21N7O2. The quantitative estimate of drug-likeness (QED) is 0.679. The summed E-state index contributed by atoms with van der Waals surface area (Å²) in [5.74, 6) is 0.0714. The van der Waals surface area contributed by atoms with Crippen molar-refractivity contribution in [2.75, 3.05) is 5.32 Å². The van der Waals surface area contributed by atoms with Gasteiger partial charge in [-0.3, -0.25) is 9.59 Å². The van der Waals surface area contributed by atoms with Crippen LogP contribution in [0.2, 0.25) is 0 Å². The minimum Gasteiger partial charge on any atom is -0.331 e. The van der Waals surface area contributed by atoms with Crippen LogP contribution in [0.4, 0.5) is 5.69 Å². The van der Waals surface area contributed by atoms with Gasteiger partial charge in [0.25, 0.3) is 5.91 Å². The molecule has 1 aromatic carbocycles. The van der Waals surface area contributed by atoms with Crippen LogP contribution in [0.3, 0.4) is 0 Å². The Bertz CT molecular complexity index is 970. The number of carbonyl (C=O) groups excluding carboxylic acids is 2. The lowest BCUT2D eigenvalue weighted by Gasteiger charge is -2.35. The number of hydrogen-bond donors (Lipinski definition) is 1. The molecule has 1 fully saturated rings. The van der Waals surface area contributed by atoms with Crippen molar-refractivity contribution in [3.8, 4) is 0 Å². The van der Waals surface area contributed by atoms with E-state index in [1.165, 1.54) is 6.33 Å². The van der Waals surface area contributed by atoms with E-state index >= 15 is 0 Å². The SMILES string of the molecule is Cn1ccnc1C(=O)c1ccc(NC(=O)C2(n3cnnn3)CCCCC2)cc1. The Balaban J connectivity index is 1.53. The molecule has 9 heteroatoms. The van der Waals surface area contributed by atoms with Gasteiger partial charge in [-0.15, -0.1) is 5.10 Å². The Kier molecular flexibility index (Phi) is 4.72. The number of ketones is 1. The summed E-state index contributed by atoms with van der Waals surface area (Å²) in [5.41, 5.74) is 0.364. The first kappa shape index (κ1) is 18.0. The molecule has 0 saturated heterocycles. The first-order chi connectivity index (χ1) is 13.6. The lowest BCUT2D eigenvalue weighted by Crippen LogP contribution is -2.47. The molecule has 4 rings (SSSR count). The number of rotatable bonds is 5. The predicted molar refractivity (Wildman–Crippen MR) is 101 cm³/mol. The number of aryl methyl sites for hydroxylation is 1. The Hall–Kier alpha value is -3.36. The molecule has 0 atom stereocenters. The Labute approximate surface area is 161 Å². The van der Waals surface area contributed by atoms with Gasteiger partial charge in [0.1, 0.15) is 11.9 Å². The third-order valence-corrected chi connectivity index (χ3v) is 5.32. The molecule has 9 nitrogen and oxygen atoms in total. The highest BCUT2D eigenvalue weighted by Gasteiger charge is 2.42. The molecule has 0 aliphatic heterocycles. The largest absolute Gasteiger partial charge is 0.331 e. The van der Waals surface area contributed by atoms with Crippen molar-refractivity contribution in [3.05, 3.63) is 54.4 Å². The van der Waals surface area contributed by atoms with Gasteiger partial charge in [-0.05, 0) is 47.5 Å². The molecule has 1 N–H and O–H groups in total. The Morgan fingerprint density at radius 2 is 1.86 bits per heavy atom. The molecule has 2 heterocycles. The summed E-state index contributed by atoms with van der Waals surface area (Å²) in [7, 11) is 1.78. The van der Waals surface area contributed by atoms with E-state index in [0.717, 1.165) is 19.3 Å². The fraction of sp³-hybridized carbons (Fsp3) is 0.368. The Morgan fingerprint density at radius 1 is 1.11 bits per heavy atom. The minimum absolute atomic E-state index is 0.136. The van der Waals surface area contributed by atoms with E-state index in [0.29, 0.717) is 29.9 Å². The van der Waals surface area contributed by atoms with Crippen molar-refractivity contribution in [1.29, 1.82) is 0 Å². The second-order valence-corrected chi connectivity index (χ2v) is 7.07. The van der Waals surface area contributed by atoms with Gasteiger partial charge in [0.05, 0.1) is 0 Å². The molecule has 1 amide bonds. The molecule has 3 aromatic rings. The van der Waals surface area contributed by atoms with Crippen molar-refractivity contribution in [2.24, 2.45) is 7.05 Å². The second kappa shape index (κ2) is 7.34. The molecule has 144 valence electrons. The minimum atomic E-state index is -0.775. The van der Waals surface area contributed by atoms with Crippen LogP contribution in [0.1, 0.15) is 48.3 Å². The molecule has 1 saturated carbocycles. The van der Waals surface area contributed by atoms with Crippen molar-refractivity contribution in [1.82, 2.24) is 29.8 Å². The number of benzene rings is 1. The van der Waals surface area contributed by atoms with E-state index in [4.69, 9.17) is 0 Å². The Morgan fingerprint density at radius 3 is 2.46 bits per heavy atom. The van der Waals surface area contributed by atoms with E-state index in [1.54, 1.807) is 53.0 Å². The fourth-order valence-electron chi connectivity index (χ4n) is 3.72. The maximum absolute atomic E-state index is 13.1. The van der Waals surface area contributed by atoms with Crippen LogP contribution in [0.5, 0.6) is 0 Å². The summed E-state index contributed by atoms with van der Waals surface area (Å²) < 4.78 is 3.25. The zero-order chi connectivity index (χ0) is 19.6. The summed E-state index contributed by atoms with van der Waals surface area (Å²) >= 11 is 0. The molecular weight excluding hydrogens is 358 g/mol. The summed E-state index contributed by atoms with van der Waals surface area (Å²) in [6.45, 7) is 0. The van der Waals surface area contributed by atoms with E-state index < -0.39 is 5.54 Å². The van der Waals surface area contributed by atoms with Gasteiger partial charge in [-0.25, -0.2) is 9.67 Å².